The first kappa shape index (κ1) is 17.9. The maximum Gasteiger partial charge on any atom is 0.125 e. The van der Waals surface area contributed by atoms with Gasteiger partial charge < -0.3 is 24.1 Å². The molecule has 0 saturated carbocycles. The van der Waals surface area contributed by atoms with E-state index in [0.29, 0.717) is 51.8 Å². The van der Waals surface area contributed by atoms with Gasteiger partial charge in [0.15, 0.2) is 0 Å². The van der Waals surface area contributed by atoms with Gasteiger partial charge in [-0.2, -0.15) is 0 Å². The van der Waals surface area contributed by atoms with Crippen molar-refractivity contribution in [2.24, 2.45) is 0 Å². The lowest BCUT2D eigenvalue weighted by molar-refractivity contribution is 0.0177. The standard InChI is InChI=1S/C16H26O5/c1-3-15(17)14-6-4-5-7-16(14)21-13-12-20-11-10-19-9-8-18-2/h4-7,15,17H,3,8-13H2,1-2H3. The molecule has 1 aromatic carbocycles. The molecule has 0 aromatic heterocycles. The Bertz CT molecular complexity index is 369. The number of para-hydroxylation sites is 1. The summed E-state index contributed by atoms with van der Waals surface area (Å²) in [5.41, 5.74) is 0.822. The molecule has 5 heteroatoms. The van der Waals surface area contributed by atoms with E-state index >= 15 is 0 Å². The Morgan fingerprint density at radius 2 is 1.57 bits per heavy atom. The van der Waals surface area contributed by atoms with Crippen molar-refractivity contribution >= 4 is 0 Å². The van der Waals surface area contributed by atoms with E-state index in [-0.39, 0.29) is 0 Å². The predicted octanol–water partition coefficient (Wildman–Crippen LogP) is 2.19. The Hall–Kier alpha value is -1.14. The van der Waals surface area contributed by atoms with Crippen LogP contribution in [-0.4, -0.2) is 51.9 Å². The van der Waals surface area contributed by atoms with Crippen LogP contribution in [0.4, 0.5) is 0 Å². The van der Waals surface area contributed by atoms with Crippen LogP contribution in [0, 0.1) is 0 Å². The van der Waals surface area contributed by atoms with Gasteiger partial charge in [0.25, 0.3) is 0 Å². The smallest absolute Gasteiger partial charge is 0.125 e. The quantitative estimate of drug-likeness (QED) is 0.599. The minimum absolute atomic E-state index is 0.450. The summed E-state index contributed by atoms with van der Waals surface area (Å²) in [6, 6.07) is 7.54. The van der Waals surface area contributed by atoms with Crippen LogP contribution in [0.25, 0.3) is 0 Å². The molecular weight excluding hydrogens is 272 g/mol. The summed E-state index contributed by atoms with van der Waals surface area (Å²) >= 11 is 0. The summed E-state index contributed by atoms with van der Waals surface area (Å²) in [5, 5.41) is 9.92. The maximum absolute atomic E-state index is 9.92. The number of hydrogen-bond acceptors (Lipinski definition) is 5. The highest BCUT2D eigenvalue weighted by Crippen LogP contribution is 2.26. The van der Waals surface area contributed by atoms with Gasteiger partial charge in [-0.05, 0) is 12.5 Å². The summed E-state index contributed by atoms with van der Waals surface area (Å²) in [4.78, 5) is 0. The van der Waals surface area contributed by atoms with Crippen molar-refractivity contribution in [1.82, 2.24) is 0 Å². The van der Waals surface area contributed by atoms with E-state index in [1.54, 1.807) is 7.11 Å². The van der Waals surface area contributed by atoms with Crippen molar-refractivity contribution in [2.75, 3.05) is 46.8 Å². The number of rotatable bonds is 12. The molecule has 1 atom stereocenters. The third kappa shape index (κ3) is 7.43. The first-order valence-corrected chi connectivity index (χ1v) is 7.33. The van der Waals surface area contributed by atoms with Crippen molar-refractivity contribution in [3.63, 3.8) is 0 Å². The average Bonchev–Trinajstić information content (AvgIpc) is 2.53. The first-order valence-electron chi connectivity index (χ1n) is 7.33. The normalized spacial score (nSPS) is 12.3. The Labute approximate surface area is 126 Å². The topological polar surface area (TPSA) is 57.2 Å². The fraction of sp³-hybridized carbons (Fsp3) is 0.625. The maximum atomic E-state index is 9.92. The molecule has 0 saturated heterocycles. The Morgan fingerprint density at radius 3 is 2.24 bits per heavy atom. The zero-order valence-corrected chi connectivity index (χ0v) is 12.9. The molecule has 0 aliphatic rings. The SMILES string of the molecule is CCC(O)c1ccccc1OCCOCCOCCOC. The second kappa shape index (κ2) is 11.5. The van der Waals surface area contributed by atoms with Crippen molar-refractivity contribution < 1.29 is 24.1 Å². The van der Waals surface area contributed by atoms with Gasteiger partial charge >= 0.3 is 0 Å². The van der Waals surface area contributed by atoms with Gasteiger partial charge in [0.05, 0.1) is 39.1 Å². The molecule has 1 unspecified atom stereocenters. The number of methoxy groups -OCH3 is 1. The Morgan fingerprint density at radius 1 is 0.952 bits per heavy atom. The van der Waals surface area contributed by atoms with Crippen LogP contribution in [0.1, 0.15) is 25.0 Å². The van der Waals surface area contributed by atoms with E-state index < -0.39 is 6.10 Å². The van der Waals surface area contributed by atoms with Gasteiger partial charge in [-0.3, -0.25) is 0 Å². The van der Waals surface area contributed by atoms with Gasteiger partial charge in [-0.25, -0.2) is 0 Å². The molecule has 21 heavy (non-hydrogen) atoms. The predicted molar refractivity (Wildman–Crippen MR) is 80.7 cm³/mol. The molecule has 120 valence electrons. The second-order valence-electron chi connectivity index (χ2n) is 4.53. The van der Waals surface area contributed by atoms with Gasteiger partial charge in [-0.15, -0.1) is 0 Å². The van der Waals surface area contributed by atoms with E-state index in [0.717, 1.165) is 5.56 Å². The summed E-state index contributed by atoms with van der Waals surface area (Å²) in [6.45, 7) is 5.14. The van der Waals surface area contributed by atoms with Gasteiger partial charge in [0.1, 0.15) is 12.4 Å². The van der Waals surface area contributed by atoms with E-state index in [9.17, 15) is 5.11 Å². The highest BCUT2D eigenvalue weighted by Gasteiger charge is 2.10. The van der Waals surface area contributed by atoms with E-state index in [1.807, 2.05) is 31.2 Å². The van der Waals surface area contributed by atoms with Crippen molar-refractivity contribution in [3.05, 3.63) is 29.8 Å². The van der Waals surface area contributed by atoms with E-state index in [2.05, 4.69) is 0 Å². The highest BCUT2D eigenvalue weighted by molar-refractivity contribution is 5.34. The van der Waals surface area contributed by atoms with Crippen LogP contribution in [0.15, 0.2) is 24.3 Å². The average molecular weight is 298 g/mol. The molecule has 0 fully saturated rings. The minimum atomic E-state index is -0.490. The van der Waals surface area contributed by atoms with Crippen molar-refractivity contribution in [3.8, 4) is 5.75 Å². The minimum Gasteiger partial charge on any atom is -0.491 e. The van der Waals surface area contributed by atoms with Crippen LogP contribution in [0.2, 0.25) is 0 Å². The van der Waals surface area contributed by atoms with E-state index in [1.165, 1.54) is 0 Å². The molecule has 0 radical (unpaired) electrons. The molecule has 0 spiro atoms. The van der Waals surface area contributed by atoms with Crippen LogP contribution in [0.3, 0.4) is 0 Å². The van der Waals surface area contributed by atoms with Crippen LogP contribution >= 0.6 is 0 Å². The molecule has 0 aliphatic heterocycles. The largest absolute Gasteiger partial charge is 0.491 e. The summed E-state index contributed by atoms with van der Waals surface area (Å²) in [6.07, 6.45) is 0.173. The zero-order chi connectivity index (χ0) is 15.3. The van der Waals surface area contributed by atoms with Crippen LogP contribution < -0.4 is 4.74 Å². The number of hydrogen-bond donors (Lipinski definition) is 1. The molecule has 0 aliphatic carbocycles. The molecule has 0 heterocycles. The molecule has 1 aromatic rings. The summed E-state index contributed by atoms with van der Waals surface area (Å²) < 4.78 is 21.2. The lowest BCUT2D eigenvalue weighted by atomic mass is 10.1. The Kier molecular flexibility index (Phi) is 9.82. The number of aliphatic hydroxyl groups excluding tert-OH is 1. The van der Waals surface area contributed by atoms with Gasteiger partial charge in [0.2, 0.25) is 0 Å². The van der Waals surface area contributed by atoms with Crippen LogP contribution in [-0.2, 0) is 14.2 Å². The number of benzene rings is 1. The van der Waals surface area contributed by atoms with Crippen molar-refractivity contribution in [1.29, 1.82) is 0 Å². The molecular formula is C16H26O5. The monoisotopic (exact) mass is 298 g/mol. The fourth-order valence-corrected chi connectivity index (χ4v) is 1.78. The molecule has 0 bridgehead atoms. The van der Waals surface area contributed by atoms with Gasteiger partial charge in [0, 0.05) is 12.7 Å². The first-order chi connectivity index (χ1) is 10.3. The highest BCUT2D eigenvalue weighted by atomic mass is 16.6. The lowest BCUT2D eigenvalue weighted by Crippen LogP contribution is -2.13. The lowest BCUT2D eigenvalue weighted by Gasteiger charge is -2.15. The third-order valence-corrected chi connectivity index (χ3v) is 2.95. The van der Waals surface area contributed by atoms with Crippen molar-refractivity contribution in [2.45, 2.75) is 19.4 Å². The summed E-state index contributed by atoms with van der Waals surface area (Å²) in [7, 11) is 1.64. The zero-order valence-electron chi connectivity index (χ0n) is 12.9. The summed E-state index contributed by atoms with van der Waals surface area (Å²) in [5.74, 6) is 0.715. The Balaban J connectivity index is 2.15. The number of ether oxygens (including phenoxy) is 4. The third-order valence-electron chi connectivity index (χ3n) is 2.95. The molecule has 5 nitrogen and oxygen atoms in total. The fourth-order valence-electron chi connectivity index (χ4n) is 1.78. The molecule has 1 N–H and O–H groups in total. The van der Waals surface area contributed by atoms with Gasteiger partial charge in [-0.1, -0.05) is 25.1 Å². The second-order valence-corrected chi connectivity index (χ2v) is 4.53. The van der Waals surface area contributed by atoms with E-state index in [4.69, 9.17) is 18.9 Å². The number of aliphatic hydroxyl groups is 1. The molecule has 1 rings (SSSR count). The van der Waals surface area contributed by atoms with Crippen LogP contribution in [0.5, 0.6) is 5.75 Å². The molecule has 0 amide bonds.